The van der Waals surface area contributed by atoms with E-state index in [0.29, 0.717) is 17.5 Å². The summed E-state index contributed by atoms with van der Waals surface area (Å²) < 4.78 is 5.68. The third kappa shape index (κ3) is 34.9. The van der Waals surface area contributed by atoms with Gasteiger partial charge in [-0.15, -0.1) is 0 Å². The van der Waals surface area contributed by atoms with Crippen LogP contribution in [0.4, 0.5) is 0 Å². The van der Waals surface area contributed by atoms with Gasteiger partial charge in [-0.05, 0) is 95.8 Å². The molecule has 33 nitrogen and oxygen atoms in total. The van der Waals surface area contributed by atoms with Crippen LogP contribution in [0, 0.1) is 23.7 Å². The first-order valence-electron chi connectivity index (χ1n) is 33.6. The van der Waals surface area contributed by atoms with Gasteiger partial charge in [0.1, 0.15) is 18.4 Å². The summed E-state index contributed by atoms with van der Waals surface area (Å²) in [6.07, 6.45) is -6.95. The van der Waals surface area contributed by atoms with Crippen LogP contribution in [0.25, 0.3) is 0 Å². The number of thioether (sulfide) groups is 1. The van der Waals surface area contributed by atoms with Crippen molar-refractivity contribution in [1.29, 1.82) is 0 Å². The molecule has 7 amide bonds. The SMILES string of the molecule is CSC[C@H](NC(=O)CCC(=O)[C@H](CC(C)C)NC(=O)[C@@H]1CCCN1C(=O)COCCCC(=O)[C@H](Cc1ccc(C(C)=O)cc1)NC(=O)[C@@H](CCC(=O)O)CC(=O)[C@@H](CCC(=O)O)NC(=O)[C@@H](CCC(=O)O)CC(=O)[C@@H](CCC(=O)O)NC(=O)[C@H](N)CCC(=O)O)C(=O)C[C@@H](C)C(=O)NCC(C)=O. The number of carbonyl (C=O) groups is 19. The number of ketones is 7. The first kappa shape index (κ1) is 88.9. The van der Waals surface area contributed by atoms with Crippen LogP contribution in [0.2, 0.25) is 0 Å². The predicted octanol–water partition coefficient (Wildman–Crippen LogP) is 1.07. The standard InChI is InChI=1S/C68H98N8O25S/c1-37(2)29-48(53(80)20-21-57(84)71-50(36-102-6)54(81)30-38(3)64(96)70-34-39(4)77)75-68(100)51-9-7-27-76(51)58(85)35-101-28-8-10-52(79)49(31-41-11-13-42(14-12-41)40(5)78)74-66(98)44(16-23-60(88)89)33-55(82)46(18-25-62(92)93)72-65(97)43(15-22-59(86)87)32-56(83)47(19-26-63(94)95)73-67(99)45(69)17-24-61(90)91/h11-14,37-38,43-51H,7-10,15-36,69H2,1-6H3,(H,70,96)(H,71,84)(H,72,97)(H,73,99)(H,74,98)(H,75,100)(H,86,87)(H,88,89)(H,90,91)(H,92,93)(H,94,95)/t38-,43+,44+,45-,46-,47-,48+,49+,50+,51+/m1/s1. The Balaban J connectivity index is 2.30. The van der Waals surface area contributed by atoms with Crippen molar-refractivity contribution >= 4 is 123 Å². The monoisotopic (exact) mass is 1460 g/mol. The van der Waals surface area contributed by atoms with Crippen LogP contribution in [0.3, 0.4) is 0 Å². The van der Waals surface area contributed by atoms with Gasteiger partial charge in [-0.1, -0.05) is 45.0 Å². The number of nitrogens with two attached hydrogens (primary N) is 1. The normalized spacial score (nSPS) is 15.3. The molecule has 1 heterocycles. The van der Waals surface area contributed by atoms with Crippen molar-refractivity contribution in [3.8, 4) is 0 Å². The maximum Gasteiger partial charge on any atom is 0.303 e. The Kier molecular flexibility index (Phi) is 40.4. The minimum Gasteiger partial charge on any atom is -0.481 e. The lowest BCUT2D eigenvalue weighted by Gasteiger charge is -2.27. The van der Waals surface area contributed by atoms with Gasteiger partial charge in [0.15, 0.2) is 34.7 Å². The molecule has 1 aliphatic heterocycles. The van der Waals surface area contributed by atoms with Gasteiger partial charge in [0.2, 0.25) is 41.4 Å². The van der Waals surface area contributed by atoms with E-state index in [0.717, 1.165) is 0 Å². The van der Waals surface area contributed by atoms with E-state index < -0.39 is 237 Å². The average Bonchev–Trinajstić information content (AvgIpc) is 1.63. The molecule has 1 aliphatic rings. The third-order valence-corrected chi connectivity index (χ3v) is 17.3. The van der Waals surface area contributed by atoms with Gasteiger partial charge in [0.25, 0.3) is 0 Å². The fourth-order valence-corrected chi connectivity index (χ4v) is 11.5. The molecule has 1 aromatic carbocycles. The smallest absolute Gasteiger partial charge is 0.303 e. The summed E-state index contributed by atoms with van der Waals surface area (Å²) in [4.78, 5) is 246. The van der Waals surface area contributed by atoms with Crippen LogP contribution in [-0.2, 0) is 97.5 Å². The summed E-state index contributed by atoms with van der Waals surface area (Å²) in [5.41, 5.74) is 6.52. The minimum atomic E-state index is -1.79. The van der Waals surface area contributed by atoms with Crippen molar-refractivity contribution in [3.63, 3.8) is 0 Å². The van der Waals surface area contributed by atoms with E-state index in [1.807, 2.05) is 13.8 Å². The molecule has 1 aromatic rings. The van der Waals surface area contributed by atoms with E-state index in [-0.39, 0.29) is 101 Å². The first-order chi connectivity index (χ1) is 47.9. The Labute approximate surface area is 594 Å². The number of ether oxygens (including phenoxy) is 1. The van der Waals surface area contributed by atoms with E-state index in [2.05, 4.69) is 31.9 Å². The summed E-state index contributed by atoms with van der Waals surface area (Å²) in [6, 6.07) is -3.38. The quantitative estimate of drug-likeness (QED) is 0.0321. The second-order valence-electron chi connectivity index (χ2n) is 25.7. The Bertz CT molecular complexity index is 3180. The van der Waals surface area contributed by atoms with Gasteiger partial charge < -0.3 is 72.8 Å². The number of nitrogens with one attached hydrogen (secondary N) is 6. The zero-order chi connectivity index (χ0) is 76.9. The molecular weight excluding hydrogens is 1360 g/mol. The molecule has 0 radical (unpaired) electrons. The number of aliphatic carboxylic acids is 5. The lowest BCUT2D eigenvalue weighted by molar-refractivity contribution is -0.142. The van der Waals surface area contributed by atoms with Crippen molar-refractivity contribution in [2.75, 3.05) is 38.3 Å². The molecule has 0 saturated carbocycles. The predicted molar refractivity (Wildman–Crippen MR) is 363 cm³/mol. The molecule has 0 aromatic heterocycles. The molecule has 2 rings (SSSR count). The van der Waals surface area contributed by atoms with Gasteiger partial charge in [-0.3, -0.25) is 91.1 Å². The Morgan fingerprint density at radius 1 is 0.549 bits per heavy atom. The van der Waals surface area contributed by atoms with E-state index >= 15 is 0 Å². The van der Waals surface area contributed by atoms with Crippen LogP contribution in [0.15, 0.2) is 24.3 Å². The fourth-order valence-electron chi connectivity index (χ4n) is 10.9. The molecule has 0 aliphatic carbocycles. The maximum absolute atomic E-state index is 14.4. The average molecular weight is 1460 g/mol. The molecule has 1 saturated heterocycles. The summed E-state index contributed by atoms with van der Waals surface area (Å²) in [5.74, 6) is -20.7. The van der Waals surface area contributed by atoms with Crippen molar-refractivity contribution in [1.82, 2.24) is 36.8 Å². The van der Waals surface area contributed by atoms with Gasteiger partial charge in [0.05, 0.1) is 42.8 Å². The van der Waals surface area contributed by atoms with Crippen LogP contribution in [-0.4, -0.2) is 223 Å². The van der Waals surface area contributed by atoms with Gasteiger partial charge in [-0.2, -0.15) is 11.8 Å². The number of carboxylic acid groups (broad SMARTS) is 5. The molecule has 13 N–H and O–H groups in total. The number of nitrogens with zero attached hydrogens (tertiary/aromatic N) is 1. The van der Waals surface area contributed by atoms with Crippen LogP contribution >= 0.6 is 11.8 Å². The zero-order valence-corrected chi connectivity index (χ0v) is 59.2. The highest BCUT2D eigenvalue weighted by Gasteiger charge is 2.38. The van der Waals surface area contributed by atoms with Crippen LogP contribution < -0.4 is 37.6 Å². The van der Waals surface area contributed by atoms with Crippen molar-refractivity contribution in [2.45, 2.75) is 212 Å². The largest absolute Gasteiger partial charge is 0.481 e. The molecule has 10 atom stereocenters. The summed E-state index contributed by atoms with van der Waals surface area (Å²) in [6.45, 7) is 6.98. The Morgan fingerprint density at radius 2 is 1.04 bits per heavy atom. The molecule has 0 unspecified atom stereocenters. The number of carboxylic acids is 5. The van der Waals surface area contributed by atoms with Gasteiger partial charge in [0, 0.05) is 113 Å². The number of hydrogen-bond donors (Lipinski definition) is 12. The lowest BCUT2D eigenvalue weighted by Crippen LogP contribution is -2.52. The zero-order valence-electron chi connectivity index (χ0n) is 58.4. The number of carbonyl (C=O) groups excluding carboxylic acids is 14. The van der Waals surface area contributed by atoms with E-state index in [9.17, 15) is 112 Å². The summed E-state index contributed by atoms with van der Waals surface area (Å²) in [5, 5.41) is 62.3. The minimum absolute atomic E-state index is 0.0519. The van der Waals surface area contributed by atoms with E-state index in [4.69, 9.17) is 15.6 Å². The fraction of sp³-hybridized carbons (Fsp3) is 0.632. The first-order valence-corrected chi connectivity index (χ1v) is 35.0. The van der Waals surface area contributed by atoms with Crippen molar-refractivity contribution in [3.05, 3.63) is 35.4 Å². The summed E-state index contributed by atoms with van der Waals surface area (Å²) >= 11 is 1.28. The number of Topliss-reactive ketones (excluding diaryl/α,β-unsaturated/α-hetero) is 7. The highest BCUT2D eigenvalue weighted by atomic mass is 32.2. The number of rotatable bonds is 54. The number of likely N-dealkylation sites (tertiary alicyclic amines) is 1. The molecule has 566 valence electrons. The number of amides is 7. The molecular formula is C68H98N8O25S. The van der Waals surface area contributed by atoms with E-state index in [1.165, 1.54) is 61.7 Å². The van der Waals surface area contributed by atoms with Crippen molar-refractivity contribution in [2.24, 2.45) is 29.4 Å². The van der Waals surface area contributed by atoms with Crippen LogP contribution in [0.5, 0.6) is 0 Å². The lowest BCUT2D eigenvalue weighted by atomic mass is 9.89. The Hall–Kier alpha value is -9.18. The second kappa shape index (κ2) is 46.4. The highest BCUT2D eigenvalue weighted by molar-refractivity contribution is 7.98. The Morgan fingerprint density at radius 3 is 1.54 bits per heavy atom. The van der Waals surface area contributed by atoms with Crippen molar-refractivity contribution < 1.29 is 121 Å². The van der Waals surface area contributed by atoms with Gasteiger partial charge >= 0.3 is 29.8 Å². The third-order valence-electron chi connectivity index (χ3n) is 16.6. The number of benzene rings is 1. The maximum atomic E-state index is 14.4. The molecule has 34 heteroatoms. The second-order valence-corrected chi connectivity index (χ2v) is 26.6. The number of hydrogen-bond acceptors (Lipinski definition) is 22. The van der Waals surface area contributed by atoms with Crippen LogP contribution in [0.1, 0.15) is 179 Å². The van der Waals surface area contributed by atoms with E-state index in [1.54, 1.807) is 6.26 Å². The summed E-state index contributed by atoms with van der Waals surface area (Å²) in [7, 11) is 0. The molecule has 1 fully saturated rings. The molecule has 102 heavy (non-hydrogen) atoms. The van der Waals surface area contributed by atoms with Gasteiger partial charge in [-0.25, -0.2) is 0 Å². The molecule has 0 spiro atoms. The topological polar surface area (TPSA) is 536 Å². The molecule has 0 bridgehead atoms. The highest BCUT2D eigenvalue weighted by Crippen LogP contribution is 2.23.